The molecule has 3 N–H and O–H groups in total. The van der Waals surface area contributed by atoms with Gasteiger partial charge in [0.15, 0.2) is 17.2 Å². The van der Waals surface area contributed by atoms with Crippen molar-refractivity contribution in [2.75, 3.05) is 5.73 Å². The summed E-state index contributed by atoms with van der Waals surface area (Å²) in [7, 11) is 0. The Morgan fingerprint density at radius 3 is 2.50 bits per heavy atom. The number of nitrogens with zero attached hydrogens (tertiary/aromatic N) is 1. The maximum Gasteiger partial charge on any atom is 0.586 e. The third-order valence-electron chi connectivity index (χ3n) is 3.38. The van der Waals surface area contributed by atoms with Gasteiger partial charge in [-0.05, 0) is 18.6 Å². The van der Waals surface area contributed by atoms with E-state index in [2.05, 4.69) is 14.5 Å². The van der Waals surface area contributed by atoms with E-state index in [4.69, 9.17) is 22.4 Å². The van der Waals surface area contributed by atoms with Crippen molar-refractivity contribution >= 4 is 23.3 Å². The lowest BCUT2D eigenvalue weighted by Gasteiger charge is -2.12. The quantitative estimate of drug-likeness (QED) is 0.851. The van der Waals surface area contributed by atoms with Gasteiger partial charge in [-0.2, -0.15) is 0 Å². The van der Waals surface area contributed by atoms with Crippen molar-refractivity contribution < 1.29 is 32.5 Å². The number of benzene rings is 1. The van der Waals surface area contributed by atoms with Crippen molar-refractivity contribution in [3.05, 3.63) is 34.2 Å². The van der Waals surface area contributed by atoms with Gasteiger partial charge < -0.3 is 20.3 Å². The molecule has 1 aliphatic rings. The molecule has 0 unspecified atom stereocenters. The summed E-state index contributed by atoms with van der Waals surface area (Å²) in [6.45, 7) is 1.44. The first-order valence-electron chi connectivity index (χ1n) is 6.39. The Kier molecular flexibility index (Phi) is 3.48. The number of hydrogen-bond donors (Lipinski definition) is 2. The zero-order chi connectivity index (χ0) is 17.8. The number of aromatic carboxylic acids is 1. The van der Waals surface area contributed by atoms with E-state index < -0.39 is 35.3 Å². The van der Waals surface area contributed by atoms with Crippen LogP contribution in [0.5, 0.6) is 11.5 Å². The highest BCUT2D eigenvalue weighted by Gasteiger charge is 2.44. The number of fused-ring (bicyclic) bond motifs is 1. The van der Waals surface area contributed by atoms with Gasteiger partial charge in [-0.15, -0.1) is 8.78 Å². The SMILES string of the molecule is Cc1c(-c2cc3c(cc2F)OC(F)(F)O3)nc(C(=O)O)c(Cl)c1N. The van der Waals surface area contributed by atoms with E-state index in [9.17, 15) is 18.0 Å². The highest BCUT2D eigenvalue weighted by molar-refractivity contribution is 6.36. The van der Waals surface area contributed by atoms with Gasteiger partial charge in [0, 0.05) is 11.6 Å². The summed E-state index contributed by atoms with van der Waals surface area (Å²) in [6.07, 6.45) is -3.92. The minimum atomic E-state index is -3.92. The number of carbonyl (C=O) groups is 1. The summed E-state index contributed by atoms with van der Waals surface area (Å²) in [5.74, 6) is -3.34. The van der Waals surface area contributed by atoms with Gasteiger partial charge in [0.1, 0.15) is 5.82 Å². The number of nitrogens with two attached hydrogens (primary N) is 1. The van der Waals surface area contributed by atoms with Crippen LogP contribution in [-0.4, -0.2) is 22.4 Å². The van der Waals surface area contributed by atoms with Gasteiger partial charge in [-0.1, -0.05) is 11.6 Å². The molecule has 3 rings (SSSR count). The van der Waals surface area contributed by atoms with E-state index in [1.54, 1.807) is 0 Å². The van der Waals surface area contributed by atoms with Crippen molar-refractivity contribution in [2.45, 2.75) is 13.2 Å². The number of carboxylic acid groups (broad SMARTS) is 1. The number of rotatable bonds is 2. The largest absolute Gasteiger partial charge is 0.586 e. The molecular weight excluding hydrogens is 353 g/mol. The molecule has 1 aromatic carbocycles. The normalized spacial score (nSPS) is 14.7. The molecular formula is C14H8ClF3N2O4. The highest BCUT2D eigenvalue weighted by atomic mass is 35.5. The Bertz CT molecular complexity index is 889. The smallest absolute Gasteiger partial charge is 0.476 e. The Balaban J connectivity index is 2.23. The van der Waals surface area contributed by atoms with Crippen LogP contribution < -0.4 is 15.2 Å². The average Bonchev–Trinajstić information content (AvgIpc) is 2.77. The maximum absolute atomic E-state index is 14.3. The molecule has 0 fully saturated rings. The van der Waals surface area contributed by atoms with Crippen LogP contribution in [-0.2, 0) is 0 Å². The van der Waals surface area contributed by atoms with E-state index in [1.165, 1.54) is 6.92 Å². The highest BCUT2D eigenvalue weighted by Crippen LogP contribution is 2.45. The molecule has 0 aliphatic carbocycles. The first-order valence-corrected chi connectivity index (χ1v) is 6.77. The maximum atomic E-state index is 14.3. The van der Waals surface area contributed by atoms with Crippen LogP contribution in [0, 0.1) is 12.7 Å². The monoisotopic (exact) mass is 360 g/mol. The average molecular weight is 361 g/mol. The minimum Gasteiger partial charge on any atom is -0.476 e. The van der Waals surface area contributed by atoms with Gasteiger partial charge in [0.2, 0.25) is 0 Å². The van der Waals surface area contributed by atoms with Crippen LogP contribution in [0.3, 0.4) is 0 Å². The fourth-order valence-electron chi connectivity index (χ4n) is 2.22. The summed E-state index contributed by atoms with van der Waals surface area (Å²) in [4.78, 5) is 15.0. The van der Waals surface area contributed by atoms with Crippen molar-refractivity contribution in [1.82, 2.24) is 4.98 Å². The number of ether oxygens (including phenoxy) is 2. The molecule has 1 aliphatic heterocycles. The van der Waals surface area contributed by atoms with Crippen molar-refractivity contribution in [1.29, 1.82) is 0 Å². The molecule has 24 heavy (non-hydrogen) atoms. The van der Waals surface area contributed by atoms with Gasteiger partial charge in [0.25, 0.3) is 0 Å². The third-order valence-corrected chi connectivity index (χ3v) is 3.76. The molecule has 2 heterocycles. The number of aromatic nitrogens is 1. The van der Waals surface area contributed by atoms with Crippen molar-refractivity contribution in [2.24, 2.45) is 0 Å². The molecule has 126 valence electrons. The number of carboxylic acids is 1. The fourth-order valence-corrected chi connectivity index (χ4v) is 2.49. The third kappa shape index (κ3) is 2.46. The van der Waals surface area contributed by atoms with Crippen LogP contribution in [0.15, 0.2) is 12.1 Å². The zero-order valence-electron chi connectivity index (χ0n) is 11.9. The molecule has 2 aromatic rings. The lowest BCUT2D eigenvalue weighted by atomic mass is 10.0. The molecule has 6 nitrogen and oxygen atoms in total. The van der Waals surface area contributed by atoms with Crippen LogP contribution in [0.1, 0.15) is 16.1 Å². The lowest BCUT2D eigenvalue weighted by molar-refractivity contribution is -0.286. The van der Waals surface area contributed by atoms with Gasteiger partial charge in [-0.25, -0.2) is 14.2 Å². The van der Waals surface area contributed by atoms with Crippen molar-refractivity contribution in [3.8, 4) is 22.8 Å². The Morgan fingerprint density at radius 2 is 1.92 bits per heavy atom. The fraction of sp³-hybridized carbons (Fsp3) is 0.143. The first-order chi connectivity index (χ1) is 11.1. The number of halogens is 4. The van der Waals surface area contributed by atoms with E-state index in [0.717, 1.165) is 6.07 Å². The number of anilines is 1. The van der Waals surface area contributed by atoms with Crippen LogP contribution >= 0.6 is 11.6 Å². The topological polar surface area (TPSA) is 94.7 Å². The van der Waals surface area contributed by atoms with Gasteiger partial charge >= 0.3 is 12.3 Å². The Morgan fingerprint density at radius 1 is 1.33 bits per heavy atom. The predicted molar refractivity (Wildman–Crippen MR) is 77.0 cm³/mol. The Labute approximate surface area is 137 Å². The van der Waals surface area contributed by atoms with Crippen LogP contribution in [0.4, 0.5) is 18.9 Å². The summed E-state index contributed by atoms with van der Waals surface area (Å²) >= 11 is 5.82. The molecule has 10 heteroatoms. The number of alkyl halides is 2. The standard InChI is InChI=1S/C14H8ClF3N2O4/c1-4-10(19)9(15)12(13(21)22)20-11(4)5-2-7-8(3-6(5)16)24-14(17,18)23-7/h2-3H,1H3,(H2,19,20)(H,21,22). The van der Waals surface area contributed by atoms with Crippen LogP contribution in [0.2, 0.25) is 5.02 Å². The molecule has 0 bridgehead atoms. The second-order valence-electron chi connectivity index (χ2n) is 4.91. The molecule has 0 saturated heterocycles. The van der Waals surface area contributed by atoms with Gasteiger partial charge in [0.05, 0.1) is 16.4 Å². The molecule has 0 amide bonds. The summed E-state index contributed by atoms with van der Waals surface area (Å²) in [6, 6.07) is 1.62. The lowest BCUT2D eigenvalue weighted by Crippen LogP contribution is -2.25. The summed E-state index contributed by atoms with van der Waals surface area (Å²) in [5, 5.41) is 8.81. The Hall–Kier alpha value is -2.68. The molecule has 0 atom stereocenters. The van der Waals surface area contributed by atoms with Crippen LogP contribution in [0.25, 0.3) is 11.3 Å². The number of pyridine rings is 1. The minimum absolute atomic E-state index is 0.110. The summed E-state index contributed by atoms with van der Waals surface area (Å²) < 4.78 is 48.8. The predicted octanol–water partition coefficient (Wildman–Crippen LogP) is 3.45. The molecule has 0 spiro atoms. The number of nitrogen functional groups attached to an aromatic ring is 1. The molecule has 0 saturated carbocycles. The van der Waals surface area contributed by atoms with E-state index >= 15 is 0 Å². The molecule has 1 aromatic heterocycles. The second-order valence-corrected chi connectivity index (χ2v) is 5.29. The van der Waals surface area contributed by atoms with Gasteiger partial charge in [-0.3, -0.25) is 0 Å². The molecule has 0 radical (unpaired) electrons. The number of hydrogen-bond acceptors (Lipinski definition) is 5. The first kappa shape index (κ1) is 16.2. The second kappa shape index (κ2) is 5.17. The summed E-state index contributed by atoms with van der Waals surface area (Å²) in [5.41, 5.74) is 4.79. The van der Waals surface area contributed by atoms with E-state index in [1.807, 2.05) is 0 Å². The van der Waals surface area contributed by atoms with E-state index in [-0.39, 0.29) is 27.5 Å². The van der Waals surface area contributed by atoms with Crippen molar-refractivity contribution in [3.63, 3.8) is 0 Å². The zero-order valence-corrected chi connectivity index (χ0v) is 12.6. The van der Waals surface area contributed by atoms with E-state index in [0.29, 0.717) is 6.07 Å².